The average molecular weight is 561 g/mol. The number of hydrogen-bond donors (Lipinski definition) is 1. The molecule has 0 spiro atoms. The molecule has 1 N–H and O–H groups in total. The minimum Gasteiger partial charge on any atom is -0.503 e. The van der Waals surface area contributed by atoms with Gasteiger partial charge in [-0.2, -0.15) is 0 Å². The Hall–Kier alpha value is -4.08. The number of aliphatic hydroxyl groups is 1. The van der Waals surface area contributed by atoms with Gasteiger partial charge in [-0.3, -0.25) is 14.5 Å². The van der Waals surface area contributed by atoms with Crippen molar-refractivity contribution >= 4 is 11.7 Å². The van der Waals surface area contributed by atoms with E-state index in [4.69, 9.17) is 18.6 Å². The minimum absolute atomic E-state index is 0.00359. The lowest BCUT2D eigenvalue weighted by Crippen LogP contribution is -2.39. The SMILES string of the molecule is CCOc1cc(C2C(C(=O)c3ccc(C)o3)=C(O)C(=O)N2CCCN2CCOCC2)ccc1OCc1ccccc1. The highest BCUT2D eigenvalue weighted by molar-refractivity contribution is 6.15. The quantitative estimate of drug-likeness (QED) is 0.313. The van der Waals surface area contributed by atoms with Crippen molar-refractivity contribution in [3.63, 3.8) is 0 Å². The molecule has 216 valence electrons. The molecule has 41 heavy (non-hydrogen) atoms. The number of rotatable bonds is 12. The Kier molecular flexibility index (Phi) is 9.06. The van der Waals surface area contributed by atoms with Crippen LogP contribution in [0.3, 0.4) is 0 Å². The third kappa shape index (κ3) is 6.47. The van der Waals surface area contributed by atoms with Gasteiger partial charge in [-0.1, -0.05) is 36.4 Å². The van der Waals surface area contributed by atoms with Crippen molar-refractivity contribution in [2.24, 2.45) is 0 Å². The highest BCUT2D eigenvalue weighted by atomic mass is 16.5. The van der Waals surface area contributed by atoms with E-state index in [9.17, 15) is 14.7 Å². The summed E-state index contributed by atoms with van der Waals surface area (Å²) in [6.07, 6.45) is 0.674. The number of carbonyl (C=O) groups excluding carboxylic acids is 2. The van der Waals surface area contributed by atoms with Crippen molar-refractivity contribution in [1.82, 2.24) is 9.80 Å². The third-order valence-electron chi connectivity index (χ3n) is 7.31. The van der Waals surface area contributed by atoms with Gasteiger partial charge in [0.15, 0.2) is 23.0 Å². The molecule has 0 aliphatic carbocycles. The summed E-state index contributed by atoms with van der Waals surface area (Å²) in [6.45, 7) is 8.56. The predicted octanol–water partition coefficient (Wildman–Crippen LogP) is 4.87. The number of amides is 1. The number of carbonyl (C=O) groups is 2. The first kappa shape index (κ1) is 28.4. The van der Waals surface area contributed by atoms with Crippen LogP contribution in [0.15, 0.2) is 76.4 Å². The van der Waals surface area contributed by atoms with E-state index < -0.39 is 23.5 Å². The molecule has 1 saturated heterocycles. The van der Waals surface area contributed by atoms with Gasteiger partial charge in [0.05, 0.1) is 31.4 Å². The van der Waals surface area contributed by atoms with Crippen LogP contribution in [0.25, 0.3) is 0 Å². The van der Waals surface area contributed by atoms with Crippen LogP contribution in [0.2, 0.25) is 0 Å². The van der Waals surface area contributed by atoms with E-state index in [2.05, 4.69) is 4.90 Å². The van der Waals surface area contributed by atoms with Gasteiger partial charge >= 0.3 is 0 Å². The second-order valence-corrected chi connectivity index (χ2v) is 10.1. The summed E-state index contributed by atoms with van der Waals surface area (Å²) in [5.41, 5.74) is 1.65. The lowest BCUT2D eigenvalue weighted by atomic mass is 9.94. The monoisotopic (exact) mass is 560 g/mol. The number of morpholine rings is 1. The van der Waals surface area contributed by atoms with Crippen LogP contribution in [-0.4, -0.2) is 72.6 Å². The topological polar surface area (TPSA) is 102 Å². The zero-order valence-electron chi connectivity index (χ0n) is 23.5. The molecule has 9 nitrogen and oxygen atoms in total. The lowest BCUT2D eigenvalue weighted by Gasteiger charge is -2.30. The molecular weight excluding hydrogens is 524 g/mol. The fourth-order valence-electron chi connectivity index (χ4n) is 5.26. The molecule has 2 aliphatic rings. The van der Waals surface area contributed by atoms with Crippen LogP contribution in [0, 0.1) is 6.92 Å². The normalized spacial score (nSPS) is 17.8. The van der Waals surface area contributed by atoms with Crippen molar-refractivity contribution in [2.75, 3.05) is 46.0 Å². The summed E-state index contributed by atoms with van der Waals surface area (Å²) < 4.78 is 23.0. The van der Waals surface area contributed by atoms with E-state index in [-0.39, 0.29) is 11.3 Å². The summed E-state index contributed by atoms with van der Waals surface area (Å²) in [5, 5.41) is 11.0. The summed E-state index contributed by atoms with van der Waals surface area (Å²) in [7, 11) is 0. The maximum Gasteiger partial charge on any atom is 0.290 e. The molecular formula is C32H36N2O7. The number of furan rings is 1. The van der Waals surface area contributed by atoms with Gasteiger partial charge < -0.3 is 28.6 Å². The molecule has 1 amide bonds. The number of nitrogens with zero attached hydrogens (tertiary/aromatic N) is 2. The van der Waals surface area contributed by atoms with Crippen LogP contribution >= 0.6 is 0 Å². The summed E-state index contributed by atoms with van der Waals surface area (Å²) in [5.74, 6) is 0.0277. The van der Waals surface area contributed by atoms with Crippen LogP contribution in [-0.2, 0) is 16.1 Å². The molecule has 0 bridgehead atoms. The maximum absolute atomic E-state index is 13.6. The van der Waals surface area contributed by atoms with Gasteiger partial charge in [-0.05, 0) is 55.7 Å². The van der Waals surface area contributed by atoms with Gasteiger partial charge in [0.1, 0.15) is 12.4 Å². The summed E-state index contributed by atoms with van der Waals surface area (Å²) >= 11 is 0. The Bertz CT molecular complexity index is 1390. The number of aryl methyl sites for hydroxylation is 1. The highest BCUT2D eigenvalue weighted by Gasteiger charge is 2.44. The van der Waals surface area contributed by atoms with E-state index in [1.165, 1.54) is 0 Å². The van der Waals surface area contributed by atoms with E-state index in [1.807, 2.05) is 43.3 Å². The first-order valence-corrected chi connectivity index (χ1v) is 14.0. The zero-order valence-corrected chi connectivity index (χ0v) is 23.5. The number of ketones is 1. The Labute approximate surface area is 239 Å². The molecule has 3 aromatic rings. The summed E-state index contributed by atoms with van der Waals surface area (Å²) in [4.78, 5) is 30.9. The van der Waals surface area contributed by atoms with E-state index in [0.29, 0.717) is 62.2 Å². The van der Waals surface area contributed by atoms with Crippen molar-refractivity contribution < 1.29 is 33.3 Å². The predicted molar refractivity (Wildman–Crippen MR) is 152 cm³/mol. The van der Waals surface area contributed by atoms with Crippen LogP contribution in [0.5, 0.6) is 11.5 Å². The molecule has 0 saturated carbocycles. The molecule has 2 aromatic carbocycles. The van der Waals surface area contributed by atoms with Crippen LogP contribution < -0.4 is 9.47 Å². The Morgan fingerprint density at radius 1 is 1.00 bits per heavy atom. The first-order chi connectivity index (χ1) is 20.0. The highest BCUT2D eigenvalue weighted by Crippen LogP contribution is 2.42. The Balaban J connectivity index is 1.45. The molecule has 3 heterocycles. The molecule has 1 aromatic heterocycles. The molecule has 0 radical (unpaired) electrons. The molecule has 5 rings (SSSR count). The standard InChI is InChI=1S/C32H36N2O7/c1-3-39-27-20-24(11-13-25(27)40-21-23-8-5-4-6-9-23)29-28(30(35)26-12-10-22(2)41-26)31(36)32(37)34(29)15-7-14-33-16-18-38-19-17-33/h4-6,8-13,20,29,36H,3,7,14-19,21H2,1-2H3. The smallest absolute Gasteiger partial charge is 0.290 e. The van der Waals surface area contributed by atoms with Gasteiger partial charge in [0, 0.05) is 26.2 Å². The second-order valence-electron chi connectivity index (χ2n) is 10.1. The first-order valence-electron chi connectivity index (χ1n) is 14.0. The van der Waals surface area contributed by atoms with Gasteiger partial charge in [0.2, 0.25) is 5.78 Å². The van der Waals surface area contributed by atoms with Gasteiger partial charge in [-0.25, -0.2) is 0 Å². The lowest BCUT2D eigenvalue weighted by molar-refractivity contribution is -0.129. The fourth-order valence-corrected chi connectivity index (χ4v) is 5.26. The zero-order chi connectivity index (χ0) is 28.8. The fraction of sp³-hybridized carbons (Fsp3) is 0.375. The largest absolute Gasteiger partial charge is 0.503 e. The van der Waals surface area contributed by atoms with Gasteiger partial charge in [-0.15, -0.1) is 0 Å². The van der Waals surface area contributed by atoms with Crippen molar-refractivity contribution in [1.29, 1.82) is 0 Å². The third-order valence-corrected chi connectivity index (χ3v) is 7.31. The summed E-state index contributed by atoms with van der Waals surface area (Å²) in [6, 6.07) is 17.6. The molecule has 2 aliphatic heterocycles. The minimum atomic E-state index is -0.813. The van der Waals surface area contributed by atoms with Gasteiger partial charge in [0.25, 0.3) is 5.91 Å². The van der Waals surface area contributed by atoms with Crippen molar-refractivity contribution in [3.05, 3.63) is 94.6 Å². The van der Waals surface area contributed by atoms with Crippen molar-refractivity contribution in [3.8, 4) is 11.5 Å². The molecule has 1 unspecified atom stereocenters. The Morgan fingerprint density at radius 3 is 2.49 bits per heavy atom. The number of aliphatic hydroxyl groups excluding tert-OH is 1. The van der Waals surface area contributed by atoms with E-state index in [1.54, 1.807) is 36.1 Å². The maximum atomic E-state index is 13.6. The van der Waals surface area contributed by atoms with Crippen LogP contribution in [0.1, 0.15) is 46.8 Å². The number of ether oxygens (including phenoxy) is 3. The van der Waals surface area contributed by atoms with Crippen molar-refractivity contribution in [2.45, 2.75) is 32.9 Å². The molecule has 1 atom stereocenters. The average Bonchev–Trinajstić information content (AvgIpc) is 3.54. The van der Waals surface area contributed by atoms with E-state index >= 15 is 0 Å². The molecule has 9 heteroatoms. The second kappa shape index (κ2) is 13.1. The number of benzene rings is 2. The Morgan fingerprint density at radius 2 is 1.78 bits per heavy atom. The number of Topliss-reactive ketones (excluding diaryl/α,β-unsaturated/α-hetero) is 1. The van der Waals surface area contributed by atoms with E-state index in [0.717, 1.165) is 25.2 Å². The number of hydrogen-bond acceptors (Lipinski definition) is 8. The van der Waals surface area contributed by atoms with Crippen LogP contribution in [0.4, 0.5) is 0 Å². The molecule has 1 fully saturated rings.